The second-order valence-corrected chi connectivity index (χ2v) is 7.79. The van der Waals surface area contributed by atoms with Crippen molar-refractivity contribution in [3.05, 3.63) is 47.5 Å². The standard InChI is InChI=1S/C21H30N4O2/c26-18(12-25-9-8-20-21(13-25)24-15-23-20)14-27-19-7-3-4-16(10-19)11-22-17-5-1-2-6-17/h3-4,7,10,15,17-18,22,26H,1-2,5-6,8-9,11-14H2,(H,23,24). The van der Waals surface area contributed by atoms with Crippen LogP contribution in [0, 0.1) is 0 Å². The van der Waals surface area contributed by atoms with Crippen LogP contribution in [-0.2, 0) is 19.5 Å². The van der Waals surface area contributed by atoms with Crippen molar-refractivity contribution in [2.75, 3.05) is 19.7 Å². The summed E-state index contributed by atoms with van der Waals surface area (Å²) in [6.45, 7) is 3.55. The second-order valence-electron chi connectivity index (χ2n) is 7.79. The number of aliphatic hydroxyl groups is 1. The molecule has 1 aliphatic carbocycles. The van der Waals surface area contributed by atoms with Crippen LogP contribution in [0.25, 0.3) is 0 Å². The summed E-state index contributed by atoms with van der Waals surface area (Å²) in [6.07, 6.45) is 7.45. The van der Waals surface area contributed by atoms with Crippen LogP contribution in [0.4, 0.5) is 0 Å². The number of aromatic nitrogens is 2. The highest BCUT2D eigenvalue weighted by molar-refractivity contribution is 5.28. The number of aliphatic hydroxyl groups excluding tert-OH is 1. The average Bonchev–Trinajstić information content (AvgIpc) is 3.36. The Morgan fingerprint density at radius 2 is 2.22 bits per heavy atom. The van der Waals surface area contributed by atoms with E-state index < -0.39 is 6.10 Å². The zero-order chi connectivity index (χ0) is 18.5. The van der Waals surface area contributed by atoms with Crippen molar-refractivity contribution < 1.29 is 9.84 Å². The number of H-pyrrole nitrogens is 1. The fourth-order valence-electron chi connectivity index (χ4n) is 4.10. The van der Waals surface area contributed by atoms with Crippen molar-refractivity contribution in [3.8, 4) is 5.75 Å². The lowest BCUT2D eigenvalue weighted by atomic mass is 10.1. The van der Waals surface area contributed by atoms with Crippen LogP contribution in [-0.4, -0.2) is 51.8 Å². The molecule has 1 aromatic carbocycles. The Balaban J connectivity index is 1.21. The van der Waals surface area contributed by atoms with E-state index in [9.17, 15) is 5.11 Å². The molecule has 6 nitrogen and oxygen atoms in total. The van der Waals surface area contributed by atoms with Gasteiger partial charge in [-0.2, -0.15) is 0 Å². The van der Waals surface area contributed by atoms with Gasteiger partial charge in [-0.25, -0.2) is 4.98 Å². The third-order valence-corrected chi connectivity index (χ3v) is 5.61. The maximum absolute atomic E-state index is 10.4. The molecule has 1 atom stereocenters. The molecular formula is C21H30N4O2. The fraction of sp³-hybridized carbons (Fsp3) is 0.571. The monoisotopic (exact) mass is 370 g/mol. The Bertz CT molecular complexity index is 726. The highest BCUT2D eigenvalue weighted by atomic mass is 16.5. The minimum atomic E-state index is -0.505. The van der Waals surface area contributed by atoms with E-state index in [1.54, 1.807) is 6.33 Å². The average molecular weight is 370 g/mol. The summed E-state index contributed by atoms with van der Waals surface area (Å²) in [4.78, 5) is 9.75. The number of aromatic amines is 1. The predicted octanol–water partition coefficient (Wildman–Crippen LogP) is 2.24. The zero-order valence-corrected chi connectivity index (χ0v) is 15.9. The molecule has 0 spiro atoms. The summed E-state index contributed by atoms with van der Waals surface area (Å²) >= 11 is 0. The predicted molar refractivity (Wildman–Crippen MR) is 105 cm³/mol. The number of ether oxygens (including phenoxy) is 1. The van der Waals surface area contributed by atoms with Crippen molar-refractivity contribution in [2.45, 2.75) is 57.3 Å². The number of benzene rings is 1. The molecular weight excluding hydrogens is 340 g/mol. The number of fused-ring (bicyclic) bond motifs is 1. The molecule has 1 fully saturated rings. The van der Waals surface area contributed by atoms with Crippen molar-refractivity contribution in [1.29, 1.82) is 0 Å². The first-order valence-corrected chi connectivity index (χ1v) is 10.1. The van der Waals surface area contributed by atoms with Crippen molar-refractivity contribution >= 4 is 0 Å². The zero-order valence-electron chi connectivity index (χ0n) is 15.9. The maximum atomic E-state index is 10.4. The molecule has 0 saturated heterocycles. The molecule has 2 heterocycles. The van der Waals surface area contributed by atoms with Crippen LogP contribution < -0.4 is 10.1 Å². The minimum Gasteiger partial charge on any atom is -0.491 e. The van der Waals surface area contributed by atoms with Crippen molar-refractivity contribution in [2.24, 2.45) is 0 Å². The smallest absolute Gasteiger partial charge is 0.119 e. The molecule has 0 bridgehead atoms. The summed E-state index contributed by atoms with van der Waals surface area (Å²) in [6, 6.07) is 8.85. The van der Waals surface area contributed by atoms with Gasteiger partial charge in [-0.05, 0) is 30.5 Å². The minimum absolute atomic E-state index is 0.311. The molecule has 146 valence electrons. The Labute approximate surface area is 161 Å². The molecule has 1 aromatic heterocycles. The Hall–Kier alpha value is -1.89. The van der Waals surface area contributed by atoms with Gasteiger partial charge in [0.05, 0.1) is 17.7 Å². The van der Waals surface area contributed by atoms with Gasteiger partial charge in [0.1, 0.15) is 18.5 Å². The summed E-state index contributed by atoms with van der Waals surface area (Å²) in [5, 5.41) is 14.0. The van der Waals surface area contributed by atoms with Gasteiger partial charge in [0.15, 0.2) is 0 Å². The summed E-state index contributed by atoms with van der Waals surface area (Å²) in [7, 11) is 0. The molecule has 1 aliphatic heterocycles. The quantitative estimate of drug-likeness (QED) is 0.665. The molecule has 1 unspecified atom stereocenters. The highest BCUT2D eigenvalue weighted by Crippen LogP contribution is 2.19. The highest BCUT2D eigenvalue weighted by Gasteiger charge is 2.20. The maximum Gasteiger partial charge on any atom is 0.119 e. The third-order valence-electron chi connectivity index (χ3n) is 5.61. The van der Waals surface area contributed by atoms with E-state index in [4.69, 9.17) is 4.74 Å². The van der Waals surface area contributed by atoms with E-state index in [1.165, 1.54) is 31.2 Å². The number of hydrogen-bond donors (Lipinski definition) is 3. The number of imidazole rings is 1. The first-order chi connectivity index (χ1) is 13.3. The second kappa shape index (κ2) is 8.87. The van der Waals surface area contributed by atoms with Gasteiger partial charge in [0.2, 0.25) is 0 Å². The largest absolute Gasteiger partial charge is 0.491 e. The summed E-state index contributed by atoms with van der Waals surface area (Å²) < 4.78 is 5.85. The molecule has 1 saturated carbocycles. The van der Waals surface area contributed by atoms with Crippen LogP contribution in [0.2, 0.25) is 0 Å². The van der Waals surface area contributed by atoms with Gasteiger partial charge in [0.25, 0.3) is 0 Å². The molecule has 6 heteroatoms. The van der Waals surface area contributed by atoms with E-state index in [0.29, 0.717) is 19.2 Å². The lowest BCUT2D eigenvalue weighted by Gasteiger charge is -2.28. The van der Waals surface area contributed by atoms with E-state index in [1.807, 2.05) is 12.1 Å². The van der Waals surface area contributed by atoms with Gasteiger partial charge in [-0.3, -0.25) is 4.90 Å². The number of hydrogen-bond acceptors (Lipinski definition) is 5. The number of nitrogens with zero attached hydrogens (tertiary/aromatic N) is 2. The SMILES string of the molecule is OC(COc1cccc(CNC2CCCC2)c1)CN1CCc2nc[nH]c2C1. The Morgan fingerprint density at radius 1 is 1.33 bits per heavy atom. The topological polar surface area (TPSA) is 73.4 Å². The molecule has 2 aliphatic rings. The van der Waals surface area contributed by atoms with Gasteiger partial charge >= 0.3 is 0 Å². The van der Waals surface area contributed by atoms with Gasteiger partial charge in [-0.15, -0.1) is 0 Å². The molecule has 2 aromatic rings. The van der Waals surface area contributed by atoms with E-state index >= 15 is 0 Å². The van der Waals surface area contributed by atoms with Crippen LogP contribution in [0.15, 0.2) is 30.6 Å². The van der Waals surface area contributed by atoms with Crippen molar-refractivity contribution in [1.82, 2.24) is 20.2 Å². The lowest BCUT2D eigenvalue weighted by Crippen LogP contribution is -2.38. The lowest BCUT2D eigenvalue weighted by molar-refractivity contribution is 0.0632. The number of nitrogens with one attached hydrogen (secondary N) is 2. The Morgan fingerprint density at radius 3 is 3.11 bits per heavy atom. The summed E-state index contributed by atoms with van der Waals surface area (Å²) in [5.41, 5.74) is 3.55. The van der Waals surface area contributed by atoms with Gasteiger partial charge in [-0.1, -0.05) is 25.0 Å². The van der Waals surface area contributed by atoms with Gasteiger partial charge in [0, 0.05) is 38.6 Å². The van der Waals surface area contributed by atoms with E-state index in [2.05, 4.69) is 32.3 Å². The number of rotatable bonds is 8. The molecule has 0 radical (unpaired) electrons. The Kier molecular flexibility index (Phi) is 6.07. The molecule has 27 heavy (non-hydrogen) atoms. The third kappa shape index (κ3) is 5.09. The molecule has 4 rings (SSSR count). The van der Waals surface area contributed by atoms with E-state index in [-0.39, 0.29) is 0 Å². The van der Waals surface area contributed by atoms with Crippen LogP contribution >= 0.6 is 0 Å². The summed E-state index contributed by atoms with van der Waals surface area (Å²) in [5.74, 6) is 0.828. The molecule has 3 N–H and O–H groups in total. The van der Waals surface area contributed by atoms with Crippen LogP contribution in [0.5, 0.6) is 5.75 Å². The molecule has 0 amide bonds. The first kappa shape index (κ1) is 18.5. The fourth-order valence-corrected chi connectivity index (χ4v) is 4.10. The van der Waals surface area contributed by atoms with Gasteiger partial charge < -0.3 is 20.1 Å². The number of β-amino-alcohol motifs (C(OH)–C–C–N with tert-alkyl or cyclic N) is 1. The van der Waals surface area contributed by atoms with Crippen LogP contribution in [0.3, 0.4) is 0 Å². The van der Waals surface area contributed by atoms with E-state index in [0.717, 1.165) is 43.2 Å². The van der Waals surface area contributed by atoms with Crippen molar-refractivity contribution in [3.63, 3.8) is 0 Å². The van der Waals surface area contributed by atoms with Crippen LogP contribution in [0.1, 0.15) is 42.6 Å². The normalized spacial score (nSPS) is 19.1. The first-order valence-electron chi connectivity index (χ1n) is 10.1.